The lowest BCUT2D eigenvalue weighted by molar-refractivity contribution is 0.297. The second-order valence-corrected chi connectivity index (χ2v) is 3.83. The van der Waals surface area contributed by atoms with E-state index in [-0.39, 0.29) is 11.6 Å². The minimum atomic E-state index is -0.298. The van der Waals surface area contributed by atoms with Crippen LogP contribution in [0.5, 0.6) is 5.75 Å². The highest BCUT2D eigenvalue weighted by Crippen LogP contribution is 2.19. The summed E-state index contributed by atoms with van der Waals surface area (Å²) in [7, 11) is 0. The Morgan fingerprint density at radius 1 is 1.53 bits per heavy atom. The van der Waals surface area contributed by atoms with Crippen LogP contribution in [0.1, 0.15) is 18.4 Å². The Balaban J connectivity index is 2.44. The Morgan fingerprint density at radius 2 is 2.27 bits per heavy atom. The van der Waals surface area contributed by atoms with Crippen molar-refractivity contribution < 1.29 is 9.13 Å². The Bertz CT molecular complexity index is 354. The summed E-state index contributed by atoms with van der Waals surface area (Å²) in [5.41, 5.74) is 5.91. The van der Waals surface area contributed by atoms with Gasteiger partial charge in [0.25, 0.3) is 0 Å². The van der Waals surface area contributed by atoms with E-state index in [1.165, 1.54) is 0 Å². The molecule has 0 fully saturated rings. The van der Waals surface area contributed by atoms with Crippen LogP contribution in [0.3, 0.4) is 0 Å². The molecule has 0 saturated carbocycles. The van der Waals surface area contributed by atoms with Gasteiger partial charge in [-0.2, -0.15) is 0 Å². The molecular weight excluding hydrogens is 213 g/mol. The predicted octanol–water partition coefficient (Wildman–Crippen LogP) is 2.58. The largest absolute Gasteiger partial charge is 0.490 e. The topological polar surface area (TPSA) is 35.2 Å². The van der Waals surface area contributed by atoms with E-state index in [4.69, 9.17) is 22.7 Å². The minimum absolute atomic E-state index is 0.290. The van der Waals surface area contributed by atoms with Gasteiger partial charge in [0, 0.05) is 6.42 Å². The van der Waals surface area contributed by atoms with E-state index in [1.807, 2.05) is 0 Å². The van der Waals surface area contributed by atoms with Gasteiger partial charge in [0.05, 0.1) is 11.6 Å². The molecule has 82 valence electrons. The second kappa shape index (κ2) is 5.66. The van der Waals surface area contributed by atoms with Crippen LogP contribution in [-0.2, 0) is 0 Å². The van der Waals surface area contributed by atoms with Gasteiger partial charge in [0.1, 0.15) is 0 Å². The van der Waals surface area contributed by atoms with Gasteiger partial charge in [-0.1, -0.05) is 24.4 Å². The van der Waals surface area contributed by atoms with E-state index in [0.29, 0.717) is 30.0 Å². The smallest absolute Gasteiger partial charge is 0.167 e. The molecule has 0 saturated heterocycles. The molecule has 0 aliphatic carbocycles. The average Bonchev–Trinajstić information content (AvgIpc) is 2.18. The van der Waals surface area contributed by atoms with E-state index < -0.39 is 0 Å². The van der Waals surface area contributed by atoms with Crippen molar-refractivity contribution in [3.63, 3.8) is 0 Å². The van der Waals surface area contributed by atoms with Gasteiger partial charge in [-0.25, -0.2) is 4.39 Å². The number of hydrogen-bond donors (Lipinski definition) is 1. The van der Waals surface area contributed by atoms with Gasteiger partial charge >= 0.3 is 0 Å². The number of aryl methyl sites for hydroxylation is 1. The first-order valence-corrected chi connectivity index (χ1v) is 5.18. The van der Waals surface area contributed by atoms with Crippen molar-refractivity contribution in [1.82, 2.24) is 0 Å². The molecule has 0 spiro atoms. The van der Waals surface area contributed by atoms with E-state index in [9.17, 15) is 4.39 Å². The van der Waals surface area contributed by atoms with Gasteiger partial charge in [-0.15, -0.1) is 0 Å². The van der Waals surface area contributed by atoms with Crippen LogP contribution in [0.2, 0.25) is 0 Å². The Hall–Kier alpha value is -1.16. The lowest BCUT2D eigenvalue weighted by atomic mass is 10.2. The lowest BCUT2D eigenvalue weighted by Crippen LogP contribution is -2.09. The molecule has 0 aliphatic rings. The molecule has 1 aromatic carbocycles. The standard InChI is InChI=1S/C11H14FNOS/c1-8-4-2-5-9(11(8)12)14-7-3-6-10(13)15/h2,4-5H,3,6-7H2,1H3,(H2,13,15). The number of ether oxygens (including phenoxy) is 1. The molecule has 0 atom stereocenters. The molecule has 0 bridgehead atoms. The normalized spacial score (nSPS) is 10.0. The molecule has 1 rings (SSSR count). The second-order valence-electron chi connectivity index (χ2n) is 3.31. The van der Waals surface area contributed by atoms with Crippen LogP contribution in [0.25, 0.3) is 0 Å². The molecule has 0 amide bonds. The van der Waals surface area contributed by atoms with E-state index in [2.05, 4.69) is 0 Å². The summed E-state index contributed by atoms with van der Waals surface area (Å²) in [5, 5.41) is 0. The summed E-state index contributed by atoms with van der Waals surface area (Å²) in [4.78, 5) is 0.461. The summed E-state index contributed by atoms with van der Waals surface area (Å²) in [6.45, 7) is 2.13. The van der Waals surface area contributed by atoms with E-state index >= 15 is 0 Å². The number of nitrogens with two attached hydrogens (primary N) is 1. The predicted molar refractivity (Wildman–Crippen MR) is 62.7 cm³/mol. The number of hydrogen-bond acceptors (Lipinski definition) is 2. The van der Waals surface area contributed by atoms with Crippen molar-refractivity contribution in [2.75, 3.05) is 6.61 Å². The zero-order valence-corrected chi connectivity index (χ0v) is 9.44. The Labute approximate surface area is 94.2 Å². The highest BCUT2D eigenvalue weighted by Gasteiger charge is 2.04. The summed E-state index contributed by atoms with van der Waals surface area (Å²) in [6.07, 6.45) is 1.34. The SMILES string of the molecule is Cc1cccc(OCCCC(N)=S)c1F. The average molecular weight is 227 g/mol. The first kappa shape index (κ1) is 11.9. The van der Waals surface area contributed by atoms with Crippen molar-refractivity contribution in [2.24, 2.45) is 5.73 Å². The molecule has 0 aromatic heterocycles. The molecule has 0 aliphatic heterocycles. The van der Waals surface area contributed by atoms with Gasteiger partial charge in [-0.05, 0) is 25.0 Å². The lowest BCUT2D eigenvalue weighted by Gasteiger charge is -2.07. The van der Waals surface area contributed by atoms with Gasteiger partial charge in [0.2, 0.25) is 0 Å². The first-order chi connectivity index (χ1) is 7.11. The number of rotatable bonds is 5. The number of halogens is 1. The minimum Gasteiger partial charge on any atom is -0.490 e. The van der Waals surface area contributed by atoms with Crippen molar-refractivity contribution in [3.05, 3.63) is 29.6 Å². The monoisotopic (exact) mass is 227 g/mol. The van der Waals surface area contributed by atoms with E-state index in [0.717, 1.165) is 0 Å². The maximum Gasteiger partial charge on any atom is 0.167 e. The van der Waals surface area contributed by atoms with Crippen molar-refractivity contribution in [1.29, 1.82) is 0 Å². The summed E-state index contributed by atoms with van der Waals surface area (Å²) >= 11 is 4.72. The Morgan fingerprint density at radius 3 is 2.93 bits per heavy atom. The molecule has 0 unspecified atom stereocenters. The molecule has 2 N–H and O–H groups in total. The van der Waals surface area contributed by atoms with Crippen LogP contribution in [0.4, 0.5) is 4.39 Å². The molecule has 0 radical (unpaired) electrons. The fourth-order valence-corrected chi connectivity index (χ4v) is 1.30. The van der Waals surface area contributed by atoms with Crippen molar-refractivity contribution in [3.8, 4) is 5.75 Å². The maximum atomic E-state index is 13.4. The van der Waals surface area contributed by atoms with Crippen molar-refractivity contribution in [2.45, 2.75) is 19.8 Å². The zero-order valence-electron chi connectivity index (χ0n) is 8.63. The highest BCUT2D eigenvalue weighted by atomic mass is 32.1. The quantitative estimate of drug-likeness (QED) is 0.620. The molecular formula is C11H14FNOS. The van der Waals surface area contributed by atoms with Crippen LogP contribution < -0.4 is 10.5 Å². The van der Waals surface area contributed by atoms with Gasteiger partial charge in [0.15, 0.2) is 11.6 Å². The van der Waals surface area contributed by atoms with Gasteiger partial charge in [-0.3, -0.25) is 0 Å². The maximum absolute atomic E-state index is 13.4. The number of thiocarbonyl (C=S) groups is 1. The van der Waals surface area contributed by atoms with Gasteiger partial charge < -0.3 is 10.5 Å². The molecule has 15 heavy (non-hydrogen) atoms. The summed E-state index contributed by atoms with van der Waals surface area (Å²) in [6, 6.07) is 5.08. The fourth-order valence-electron chi connectivity index (χ4n) is 1.16. The fraction of sp³-hybridized carbons (Fsp3) is 0.364. The molecule has 0 heterocycles. The molecule has 2 nitrogen and oxygen atoms in total. The molecule has 4 heteroatoms. The Kier molecular flexibility index (Phi) is 4.49. The van der Waals surface area contributed by atoms with E-state index in [1.54, 1.807) is 25.1 Å². The van der Waals surface area contributed by atoms with Crippen LogP contribution in [-0.4, -0.2) is 11.6 Å². The third-order valence-corrected chi connectivity index (χ3v) is 2.19. The summed E-state index contributed by atoms with van der Waals surface area (Å²) < 4.78 is 18.7. The third-order valence-electron chi connectivity index (χ3n) is 1.98. The van der Waals surface area contributed by atoms with Crippen molar-refractivity contribution >= 4 is 17.2 Å². The first-order valence-electron chi connectivity index (χ1n) is 4.77. The van der Waals surface area contributed by atoms with Crippen LogP contribution in [0, 0.1) is 12.7 Å². The number of benzene rings is 1. The zero-order chi connectivity index (χ0) is 11.3. The highest BCUT2D eigenvalue weighted by molar-refractivity contribution is 7.80. The third kappa shape index (κ3) is 3.83. The van der Waals surface area contributed by atoms with Crippen LogP contribution >= 0.6 is 12.2 Å². The van der Waals surface area contributed by atoms with Crippen LogP contribution in [0.15, 0.2) is 18.2 Å². The summed E-state index contributed by atoms with van der Waals surface area (Å²) in [5.74, 6) is -0.00855. The molecule has 1 aromatic rings.